The molecule has 0 amide bonds. The Kier molecular flexibility index (Phi) is 5.09. The van der Waals surface area contributed by atoms with Crippen molar-refractivity contribution in [2.24, 2.45) is 15.8 Å². The summed E-state index contributed by atoms with van der Waals surface area (Å²) in [6.45, 7) is 9.16. The maximum absolute atomic E-state index is 5.73. The molecule has 3 rings (SSSR count). The van der Waals surface area contributed by atoms with Gasteiger partial charge in [-0.3, -0.25) is 4.99 Å². The average molecular weight is 421 g/mol. The van der Waals surface area contributed by atoms with E-state index in [0.717, 1.165) is 18.9 Å². The molecule has 3 aliphatic rings. The summed E-state index contributed by atoms with van der Waals surface area (Å²) in [6.07, 6.45) is 6.64. The van der Waals surface area contributed by atoms with Gasteiger partial charge in [0.15, 0.2) is 5.96 Å². The first-order valence-electron chi connectivity index (χ1n) is 8.39. The Morgan fingerprint density at radius 2 is 1.91 bits per heavy atom. The third kappa shape index (κ3) is 2.66. The smallest absolute Gasteiger partial charge is 0.193 e. The molecule has 0 bridgehead atoms. The SMILES string of the molecule is CN=C(NC1CC(C)(OC)C1(C)C)N1CCC2(CCC2)C1.I. The molecule has 0 aromatic rings. The Labute approximate surface area is 152 Å². The van der Waals surface area contributed by atoms with Gasteiger partial charge in [-0.05, 0) is 38.0 Å². The van der Waals surface area contributed by atoms with Gasteiger partial charge in [-0.25, -0.2) is 0 Å². The molecule has 2 aliphatic carbocycles. The molecule has 4 nitrogen and oxygen atoms in total. The van der Waals surface area contributed by atoms with Gasteiger partial charge < -0.3 is 15.0 Å². The lowest BCUT2D eigenvalue weighted by molar-refractivity contribution is -0.177. The maximum atomic E-state index is 5.73. The minimum Gasteiger partial charge on any atom is -0.378 e. The van der Waals surface area contributed by atoms with Crippen molar-refractivity contribution >= 4 is 29.9 Å². The molecule has 1 aliphatic heterocycles. The molecule has 2 saturated carbocycles. The molecular formula is C17H32IN3O. The molecule has 2 unspecified atom stereocenters. The third-order valence-corrected chi connectivity index (χ3v) is 6.95. The van der Waals surface area contributed by atoms with Crippen molar-refractivity contribution in [3.8, 4) is 0 Å². The highest BCUT2D eigenvalue weighted by Crippen LogP contribution is 2.52. The van der Waals surface area contributed by atoms with Crippen molar-refractivity contribution in [2.45, 2.75) is 64.5 Å². The summed E-state index contributed by atoms with van der Waals surface area (Å²) in [6, 6.07) is 0.444. The molecule has 3 fully saturated rings. The summed E-state index contributed by atoms with van der Waals surface area (Å²) in [4.78, 5) is 7.02. The van der Waals surface area contributed by atoms with Crippen molar-refractivity contribution < 1.29 is 4.74 Å². The number of nitrogens with one attached hydrogen (secondary N) is 1. The van der Waals surface area contributed by atoms with Crippen molar-refractivity contribution in [3.05, 3.63) is 0 Å². The molecule has 0 radical (unpaired) electrons. The highest BCUT2D eigenvalue weighted by molar-refractivity contribution is 14.0. The summed E-state index contributed by atoms with van der Waals surface area (Å²) in [5, 5.41) is 3.71. The molecule has 2 atom stereocenters. The second-order valence-electron chi connectivity index (χ2n) is 8.13. The number of aliphatic imine (C=N–C) groups is 1. The Bertz CT molecular complexity index is 447. The van der Waals surface area contributed by atoms with Crippen molar-refractivity contribution in [2.75, 3.05) is 27.2 Å². The molecule has 0 aromatic heterocycles. The summed E-state index contributed by atoms with van der Waals surface area (Å²) in [5.41, 5.74) is 0.725. The number of nitrogens with zero attached hydrogens (tertiary/aromatic N) is 2. The van der Waals surface area contributed by atoms with Gasteiger partial charge in [0, 0.05) is 38.7 Å². The van der Waals surface area contributed by atoms with Crippen LogP contribution in [0.2, 0.25) is 0 Å². The summed E-state index contributed by atoms with van der Waals surface area (Å²) in [5.74, 6) is 1.09. The first-order chi connectivity index (χ1) is 9.86. The van der Waals surface area contributed by atoms with E-state index in [1.807, 2.05) is 14.2 Å². The van der Waals surface area contributed by atoms with Gasteiger partial charge in [0.25, 0.3) is 0 Å². The van der Waals surface area contributed by atoms with E-state index in [9.17, 15) is 0 Å². The van der Waals surface area contributed by atoms with Crippen LogP contribution in [-0.4, -0.2) is 49.7 Å². The predicted molar refractivity (Wildman–Crippen MR) is 102 cm³/mol. The van der Waals surface area contributed by atoms with E-state index in [2.05, 4.69) is 36.0 Å². The van der Waals surface area contributed by atoms with Crippen LogP contribution in [0.15, 0.2) is 4.99 Å². The zero-order valence-corrected chi connectivity index (χ0v) is 17.1. The van der Waals surface area contributed by atoms with Crippen molar-refractivity contribution in [1.82, 2.24) is 10.2 Å². The summed E-state index contributed by atoms with van der Waals surface area (Å²) < 4.78 is 5.73. The molecule has 128 valence electrons. The number of likely N-dealkylation sites (tertiary alicyclic amines) is 1. The number of methoxy groups -OCH3 is 1. The number of guanidine groups is 1. The maximum Gasteiger partial charge on any atom is 0.193 e. The Morgan fingerprint density at radius 3 is 2.32 bits per heavy atom. The van der Waals surface area contributed by atoms with Crippen LogP contribution >= 0.6 is 24.0 Å². The number of hydrogen-bond acceptors (Lipinski definition) is 2. The standard InChI is InChI=1S/C17H31N3O.HI/c1-15(2)13(11-16(15,3)21-5)19-14(18-4)20-10-9-17(12-20)7-6-8-17;/h13H,6-12H2,1-5H3,(H,18,19);1H. The van der Waals surface area contributed by atoms with E-state index in [0.29, 0.717) is 11.5 Å². The topological polar surface area (TPSA) is 36.9 Å². The first kappa shape index (κ1) is 18.3. The fourth-order valence-corrected chi connectivity index (χ4v) is 4.38. The lowest BCUT2D eigenvalue weighted by atomic mass is 9.56. The van der Waals surface area contributed by atoms with E-state index < -0.39 is 0 Å². The summed E-state index contributed by atoms with van der Waals surface area (Å²) in [7, 11) is 3.74. The quantitative estimate of drug-likeness (QED) is 0.423. The van der Waals surface area contributed by atoms with Crippen LogP contribution in [0.3, 0.4) is 0 Å². The zero-order chi connectivity index (χ0) is 15.3. The normalized spacial score (nSPS) is 35.6. The third-order valence-electron chi connectivity index (χ3n) is 6.95. The number of halogens is 1. The first-order valence-corrected chi connectivity index (χ1v) is 8.39. The van der Waals surface area contributed by atoms with Crippen LogP contribution in [-0.2, 0) is 4.74 Å². The lowest BCUT2D eigenvalue weighted by Gasteiger charge is -2.59. The number of hydrogen-bond donors (Lipinski definition) is 1. The van der Waals surface area contributed by atoms with E-state index in [1.54, 1.807) is 0 Å². The van der Waals surface area contributed by atoms with Crippen LogP contribution in [0.1, 0.15) is 52.9 Å². The van der Waals surface area contributed by atoms with Crippen LogP contribution in [0.5, 0.6) is 0 Å². The van der Waals surface area contributed by atoms with Crippen LogP contribution in [0.25, 0.3) is 0 Å². The van der Waals surface area contributed by atoms with Gasteiger partial charge in [-0.1, -0.05) is 20.3 Å². The Balaban J connectivity index is 0.00000176. The van der Waals surface area contributed by atoms with Crippen LogP contribution < -0.4 is 5.32 Å². The van der Waals surface area contributed by atoms with Crippen LogP contribution in [0.4, 0.5) is 0 Å². The fourth-order valence-electron chi connectivity index (χ4n) is 4.38. The predicted octanol–water partition coefficient (Wildman–Crippen LogP) is 3.26. The fraction of sp³-hybridized carbons (Fsp3) is 0.941. The molecule has 1 spiro atoms. The van der Waals surface area contributed by atoms with Gasteiger partial charge in [0.05, 0.1) is 5.60 Å². The Hall–Kier alpha value is -0.0400. The second kappa shape index (κ2) is 6.11. The molecule has 5 heteroatoms. The van der Waals surface area contributed by atoms with Crippen molar-refractivity contribution in [3.63, 3.8) is 0 Å². The van der Waals surface area contributed by atoms with Crippen LogP contribution in [0, 0.1) is 10.8 Å². The minimum atomic E-state index is -0.0241. The van der Waals surface area contributed by atoms with Gasteiger partial charge in [-0.2, -0.15) is 0 Å². The second-order valence-corrected chi connectivity index (χ2v) is 8.13. The minimum absolute atomic E-state index is 0. The van der Waals surface area contributed by atoms with E-state index in [-0.39, 0.29) is 35.0 Å². The Morgan fingerprint density at radius 1 is 1.23 bits per heavy atom. The monoisotopic (exact) mass is 421 g/mol. The van der Waals surface area contributed by atoms with Gasteiger partial charge >= 0.3 is 0 Å². The molecule has 1 N–H and O–H groups in total. The van der Waals surface area contributed by atoms with E-state index >= 15 is 0 Å². The highest BCUT2D eigenvalue weighted by Gasteiger charge is 2.58. The molecule has 0 aromatic carbocycles. The van der Waals surface area contributed by atoms with E-state index in [4.69, 9.17) is 4.74 Å². The highest BCUT2D eigenvalue weighted by atomic mass is 127. The molecule has 1 saturated heterocycles. The lowest BCUT2D eigenvalue weighted by Crippen LogP contribution is -2.69. The van der Waals surface area contributed by atoms with Gasteiger partial charge in [-0.15, -0.1) is 24.0 Å². The van der Waals surface area contributed by atoms with Crippen molar-refractivity contribution in [1.29, 1.82) is 0 Å². The van der Waals surface area contributed by atoms with Gasteiger partial charge in [0.1, 0.15) is 0 Å². The number of rotatable bonds is 2. The largest absolute Gasteiger partial charge is 0.378 e. The molecule has 22 heavy (non-hydrogen) atoms. The summed E-state index contributed by atoms with van der Waals surface area (Å²) >= 11 is 0. The number of ether oxygens (including phenoxy) is 1. The molecule has 1 heterocycles. The zero-order valence-electron chi connectivity index (χ0n) is 14.7. The molecular weight excluding hydrogens is 389 g/mol. The average Bonchev–Trinajstić information content (AvgIpc) is 2.88. The van der Waals surface area contributed by atoms with E-state index in [1.165, 1.54) is 32.2 Å². The van der Waals surface area contributed by atoms with Gasteiger partial charge in [0.2, 0.25) is 0 Å².